The minimum absolute atomic E-state index is 0.308. The fraction of sp³-hybridized carbons (Fsp3) is 0.333. The van der Waals surface area contributed by atoms with Crippen molar-refractivity contribution in [3.8, 4) is 5.88 Å². The van der Waals surface area contributed by atoms with Crippen LogP contribution in [0.5, 0.6) is 5.88 Å². The Balaban J connectivity index is 1.97. The highest BCUT2D eigenvalue weighted by atomic mass is 35.5. The van der Waals surface area contributed by atoms with Gasteiger partial charge < -0.3 is 13.8 Å². The molecular weight excluding hydrogens is 282 g/mol. The van der Waals surface area contributed by atoms with Crippen molar-refractivity contribution in [3.63, 3.8) is 0 Å². The maximum Gasteiger partial charge on any atom is 0.228 e. The van der Waals surface area contributed by atoms with E-state index in [9.17, 15) is 0 Å². The molecule has 0 spiro atoms. The van der Waals surface area contributed by atoms with Crippen molar-refractivity contribution < 1.29 is 9.26 Å². The van der Waals surface area contributed by atoms with Crippen LogP contribution in [0, 0.1) is 0 Å². The van der Waals surface area contributed by atoms with Gasteiger partial charge in [0.25, 0.3) is 0 Å². The molecule has 7 nitrogen and oxygen atoms in total. The second-order valence-corrected chi connectivity index (χ2v) is 4.36. The van der Waals surface area contributed by atoms with E-state index in [0.717, 1.165) is 17.0 Å². The average molecular weight is 294 g/mol. The van der Waals surface area contributed by atoms with Gasteiger partial charge in [-0.15, -0.1) is 11.6 Å². The van der Waals surface area contributed by atoms with Gasteiger partial charge in [0.1, 0.15) is 11.3 Å². The van der Waals surface area contributed by atoms with Crippen LogP contribution >= 0.6 is 11.6 Å². The lowest BCUT2D eigenvalue weighted by molar-refractivity contribution is 0.370. The maximum absolute atomic E-state index is 5.94. The molecular formula is C12H12ClN5O2. The highest BCUT2D eigenvalue weighted by Gasteiger charge is 2.13. The highest BCUT2D eigenvalue weighted by molar-refractivity contribution is 6.16. The van der Waals surface area contributed by atoms with Crippen molar-refractivity contribution in [2.45, 2.75) is 18.8 Å². The van der Waals surface area contributed by atoms with Crippen LogP contribution in [0.1, 0.15) is 11.7 Å². The minimum Gasteiger partial charge on any atom is -0.481 e. The van der Waals surface area contributed by atoms with Crippen LogP contribution in [-0.4, -0.2) is 31.8 Å². The summed E-state index contributed by atoms with van der Waals surface area (Å²) in [5.74, 6) is 2.16. The Morgan fingerprint density at radius 2 is 2.25 bits per heavy atom. The molecule has 0 aliphatic heterocycles. The van der Waals surface area contributed by atoms with Crippen molar-refractivity contribution in [1.82, 2.24) is 24.7 Å². The van der Waals surface area contributed by atoms with Gasteiger partial charge in [-0.1, -0.05) is 5.16 Å². The number of nitrogens with zero attached hydrogens (tertiary/aromatic N) is 5. The van der Waals surface area contributed by atoms with Gasteiger partial charge in [0.15, 0.2) is 12.0 Å². The van der Waals surface area contributed by atoms with Crippen LogP contribution in [0.25, 0.3) is 11.2 Å². The molecule has 3 heterocycles. The molecule has 104 valence electrons. The smallest absolute Gasteiger partial charge is 0.228 e. The van der Waals surface area contributed by atoms with Crippen LogP contribution in [0.4, 0.5) is 0 Å². The number of aryl methyl sites for hydroxylation is 2. The summed E-state index contributed by atoms with van der Waals surface area (Å²) >= 11 is 5.94. The molecule has 8 heteroatoms. The van der Waals surface area contributed by atoms with Gasteiger partial charge in [-0.05, 0) is 6.07 Å². The quantitative estimate of drug-likeness (QED) is 0.668. The number of rotatable bonds is 5. The number of hydrogen-bond donors (Lipinski definition) is 0. The molecule has 0 radical (unpaired) electrons. The molecule has 3 aromatic rings. The topological polar surface area (TPSA) is 78.9 Å². The van der Waals surface area contributed by atoms with Crippen molar-refractivity contribution >= 4 is 22.8 Å². The summed E-state index contributed by atoms with van der Waals surface area (Å²) in [5.41, 5.74) is 1.52. The fourth-order valence-corrected chi connectivity index (χ4v) is 2.20. The third-order valence-electron chi connectivity index (χ3n) is 2.93. The minimum atomic E-state index is 0.308. The predicted molar refractivity (Wildman–Crippen MR) is 71.6 cm³/mol. The Hall–Kier alpha value is -2.15. The molecule has 20 heavy (non-hydrogen) atoms. The first-order valence-corrected chi connectivity index (χ1v) is 6.57. The van der Waals surface area contributed by atoms with Crippen LogP contribution in [0.2, 0.25) is 0 Å². The summed E-state index contributed by atoms with van der Waals surface area (Å²) < 4.78 is 12.1. The molecule has 3 aromatic heterocycles. The number of halogens is 1. The van der Waals surface area contributed by atoms with Crippen LogP contribution in [0.3, 0.4) is 0 Å². The zero-order valence-corrected chi connectivity index (χ0v) is 11.5. The summed E-state index contributed by atoms with van der Waals surface area (Å²) in [5, 5.41) is 3.58. The van der Waals surface area contributed by atoms with Crippen molar-refractivity contribution in [1.29, 1.82) is 0 Å². The summed E-state index contributed by atoms with van der Waals surface area (Å²) in [7, 11) is 1.58. The van der Waals surface area contributed by atoms with Gasteiger partial charge in [-0.25, -0.2) is 4.98 Å². The largest absolute Gasteiger partial charge is 0.481 e. The number of aromatic nitrogens is 5. The third kappa shape index (κ3) is 2.32. The predicted octanol–water partition coefficient (Wildman–Crippen LogP) is 1.80. The molecule has 0 bridgehead atoms. The Labute approximate surface area is 119 Å². The molecule has 0 aliphatic carbocycles. The van der Waals surface area contributed by atoms with Crippen molar-refractivity contribution in [3.05, 3.63) is 30.2 Å². The van der Waals surface area contributed by atoms with Gasteiger partial charge in [0, 0.05) is 19.0 Å². The Kier molecular flexibility index (Phi) is 3.51. The van der Waals surface area contributed by atoms with E-state index in [2.05, 4.69) is 20.1 Å². The Morgan fingerprint density at radius 1 is 1.35 bits per heavy atom. The molecule has 0 unspecified atom stereocenters. The molecule has 0 amide bonds. The van der Waals surface area contributed by atoms with Gasteiger partial charge in [0.2, 0.25) is 11.8 Å². The zero-order chi connectivity index (χ0) is 13.9. The standard InChI is InChI=1S/C12H12ClN5O2/c1-19-11-3-2-8-12(17-11)18(9(6-13)16-8)5-4-10-14-7-15-20-10/h2-3,7H,4-6H2,1H3. The highest BCUT2D eigenvalue weighted by Crippen LogP contribution is 2.19. The molecule has 0 aromatic carbocycles. The monoisotopic (exact) mass is 293 g/mol. The van der Waals surface area contributed by atoms with Gasteiger partial charge in [-0.2, -0.15) is 9.97 Å². The number of ether oxygens (including phenoxy) is 1. The molecule has 0 N–H and O–H groups in total. The summed E-state index contributed by atoms with van der Waals surface area (Å²) in [6.45, 7) is 0.612. The van der Waals surface area contributed by atoms with E-state index in [4.69, 9.17) is 20.9 Å². The lowest BCUT2D eigenvalue weighted by atomic mass is 10.4. The Morgan fingerprint density at radius 3 is 2.95 bits per heavy atom. The number of hydrogen-bond acceptors (Lipinski definition) is 6. The number of alkyl halides is 1. The maximum atomic E-state index is 5.94. The van der Waals surface area contributed by atoms with Crippen molar-refractivity contribution in [2.24, 2.45) is 0 Å². The van der Waals surface area contributed by atoms with E-state index in [0.29, 0.717) is 30.6 Å². The number of pyridine rings is 1. The molecule has 0 aliphatic rings. The summed E-state index contributed by atoms with van der Waals surface area (Å²) in [6.07, 6.45) is 1.97. The normalized spacial score (nSPS) is 11.1. The molecule has 0 atom stereocenters. The van der Waals surface area contributed by atoms with Gasteiger partial charge in [-0.3, -0.25) is 0 Å². The van der Waals surface area contributed by atoms with E-state index in [1.54, 1.807) is 13.2 Å². The summed E-state index contributed by atoms with van der Waals surface area (Å²) in [6, 6.07) is 3.64. The average Bonchev–Trinajstić information content (AvgIpc) is 3.11. The first kappa shape index (κ1) is 12.9. The van der Waals surface area contributed by atoms with E-state index in [-0.39, 0.29) is 0 Å². The second-order valence-electron chi connectivity index (χ2n) is 4.09. The van der Waals surface area contributed by atoms with E-state index >= 15 is 0 Å². The van der Waals surface area contributed by atoms with E-state index in [1.807, 2.05) is 10.6 Å². The SMILES string of the molecule is COc1ccc2nc(CCl)n(CCc3ncno3)c2n1. The fourth-order valence-electron chi connectivity index (χ4n) is 2.00. The first-order chi connectivity index (χ1) is 9.81. The van der Waals surface area contributed by atoms with Crippen LogP contribution < -0.4 is 4.74 Å². The van der Waals surface area contributed by atoms with Gasteiger partial charge >= 0.3 is 0 Å². The summed E-state index contributed by atoms with van der Waals surface area (Å²) in [4.78, 5) is 12.9. The van der Waals surface area contributed by atoms with Crippen LogP contribution in [0.15, 0.2) is 23.0 Å². The molecule has 0 saturated heterocycles. The lowest BCUT2D eigenvalue weighted by Crippen LogP contribution is -2.06. The molecule has 3 rings (SSSR count). The number of imidazole rings is 1. The van der Waals surface area contributed by atoms with E-state index in [1.165, 1.54) is 6.33 Å². The third-order valence-corrected chi connectivity index (χ3v) is 3.17. The Bertz CT molecular complexity index is 710. The molecule has 0 fully saturated rings. The molecule has 0 saturated carbocycles. The van der Waals surface area contributed by atoms with E-state index < -0.39 is 0 Å². The van der Waals surface area contributed by atoms with Crippen molar-refractivity contribution in [2.75, 3.05) is 7.11 Å². The number of methoxy groups -OCH3 is 1. The lowest BCUT2D eigenvalue weighted by Gasteiger charge is -2.05. The number of fused-ring (bicyclic) bond motifs is 1. The zero-order valence-electron chi connectivity index (χ0n) is 10.8. The van der Waals surface area contributed by atoms with Crippen LogP contribution in [-0.2, 0) is 18.8 Å². The second kappa shape index (κ2) is 5.46. The first-order valence-electron chi connectivity index (χ1n) is 6.03. The van der Waals surface area contributed by atoms with Gasteiger partial charge in [0.05, 0.1) is 13.0 Å².